The molecule has 1 aliphatic rings. The van der Waals surface area contributed by atoms with Crippen molar-refractivity contribution in [3.63, 3.8) is 0 Å². The summed E-state index contributed by atoms with van der Waals surface area (Å²) in [5.41, 5.74) is 2.70. The molecule has 0 radical (unpaired) electrons. The van der Waals surface area contributed by atoms with Gasteiger partial charge in [0.1, 0.15) is 6.07 Å². The smallest absolute Gasteiger partial charge is 0.100 e. The number of nitriles is 1. The van der Waals surface area contributed by atoms with Crippen LogP contribution in [0.5, 0.6) is 0 Å². The molecule has 0 saturated heterocycles. The highest BCUT2D eigenvalue weighted by atomic mass is 79.9. The summed E-state index contributed by atoms with van der Waals surface area (Å²) in [5, 5.41) is 18.3. The van der Waals surface area contributed by atoms with Crippen molar-refractivity contribution in [2.45, 2.75) is 18.9 Å². The predicted octanol–water partition coefficient (Wildman–Crippen LogP) is 2.30. The number of nitrogens with zero attached hydrogens (tertiary/aromatic N) is 1. The number of hydrogen-bond acceptors (Lipinski definition) is 2. The van der Waals surface area contributed by atoms with Crippen LogP contribution in [0.2, 0.25) is 0 Å². The predicted molar refractivity (Wildman–Crippen MR) is 52.1 cm³/mol. The van der Waals surface area contributed by atoms with E-state index in [1.807, 2.05) is 6.07 Å². The Bertz CT molecular complexity index is 395. The third-order valence-corrected chi connectivity index (χ3v) is 3.33. The van der Waals surface area contributed by atoms with E-state index in [1.165, 1.54) is 0 Å². The summed E-state index contributed by atoms with van der Waals surface area (Å²) in [6, 6.07) is 5.70. The van der Waals surface area contributed by atoms with Crippen molar-refractivity contribution in [2.24, 2.45) is 0 Å². The summed E-state index contributed by atoms with van der Waals surface area (Å²) >= 11 is 3.39. The fourth-order valence-corrected chi connectivity index (χ4v) is 2.37. The molecular formula is C10H8BrNO. The van der Waals surface area contributed by atoms with Crippen molar-refractivity contribution in [3.8, 4) is 6.07 Å². The van der Waals surface area contributed by atoms with Crippen molar-refractivity contribution in [2.75, 3.05) is 0 Å². The van der Waals surface area contributed by atoms with E-state index in [0.717, 1.165) is 28.4 Å². The normalized spacial score (nSPS) is 19.6. The topological polar surface area (TPSA) is 44.0 Å². The maximum Gasteiger partial charge on any atom is 0.100 e. The number of fused-ring (bicyclic) bond motifs is 1. The van der Waals surface area contributed by atoms with E-state index in [0.29, 0.717) is 5.56 Å². The zero-order chi connectivity index (χ0) is 9.42. The van der Waals surface area contributed by atoms with Gasteiger partial charge in [0.2, 0.25) is 0 Å². The van der Waals surface area contributed by atoms with Crippen molar-refractivity contribution in [1.82, 2.24) is 0 Å². The van der Waals surface area contributed by atoms with Crippen molar-refractivity contribution in [1.29, 1.82) is 5.26 Å². The van der Waals surface area contributed by atoms with E-state index in [-0.39, 0.29) is 6.10 Å². The van der Waals surface area contributed by atoms with Crippen LogP contribution in [0.15, 0.2) is 16.6 Å². The molecule has 1 aromatic rings. The molecule has 1 N–H and O–H groups in total. The Labute approximate surface area is 84.9 Å². The van der Waals surface area contributed by atoms with Crippen LogP contribution in [-0.2, 0) is 6.42 Å². The van der Waals surface area contributed by atoms with Gasteiger partial charge in [-0.15, -0.1) is 0 Å². The fraction of sp³-hybridized carbons (Fsp3) is 0.300. The summed E-state index contributed by atoms with van der Waals surface area (Å²) in [7, 11) is 0. The van der Waals surface area contributed by atoms with Crippen LogP contribution in [0.25, 0.3) is 0 Å². The van der Waals surface area contributed by atoms with Crippen molar-refractivity contribution < 1.29 is 5.11 Å². The van der Waals surface area contributed by atoms with Crippen LogP contribution in [0.1, 0.15) is 29.2 Å². The lowest BCUT2D eigenvalue weighted by Crippen LogP contribution is -1.91. The average molecular weight is 238 g/mol. The molecular weight excluding hydrogens is 230 g/mol. The first-order chi connectivity index (χ1) is 6.24. The minimum absolute atomic E-state index is 0.348. The minimum Gasteiger partial charge on any atom is -0.388 e. The maximum absolute atomic E-state index is 9.57. The average Bonchev–Trinajstić information content (AvgIpc) is 2.50. The van der Waals surface area contributed by atoms with Crippen molar-refractivity contribution >= 4 is 15.9 Å². The Kier molecular flexibility index (Phi) is 2.10. The van der Waals surface area contributed by atoms with Crippen LogP contribution in [0, 0.1) is 11.3 Å². The summed E-state index contributed by atoms with van der Waals surface area (Å²) in [6.45, 7) is 0. The Balaban J connectivity index is 2.62. The number of rotatable bonds is 0. The third-order valence-electron chi connectivity index (χ3n) is 2.43. The van der Waals surface area contributed by atoms with Gasteiger partial charge < -0.3 is 5.11 Å². The van der Waals surface area contributed by atoms with Crippen LogP contribution in [0.3, 0.4) is 0 Å². The Morgan fingerprint density at radius 1 is 1.54 bits per heavy atom. The molecule has 66 valence electrons. The van der Waals surface area contributed by atoms with Crippen LogP contribution in [-0.4, -0.2) is 5.11 Å². The SMILES string of the molecule is N#Cc1ccc2c(c1Br)CC[C@@H]2O. The van der Waals surface area contributed by atoms with Gasteiger partial charge in [0.15, 0.2) is 0 Å². The highest BCUT2D eigenvalue weighted by Crippen LogP contribution is 2.36. The molecule has 2 rings (SSSR count). The summed E-state index contributed by atoms with van der Waals surface area (Å²) in [6.07, 6.45) is 1.27. The van der Waals surface area contributed by atoms with Gasteiger partial charge in [-0.3, -0.25) is 0 Å². The van der Waals surface area contributed by atoms with Crippen LogP contribution >= 0.6 is 15.9 Å². The molecule has 0 bridgehead atoms. The van der Waals surface area contributed by atoms with E-state index in [2.05, 4.69) is 22.0 Å². The van der Waals surface area contributed by atoms with Crippen molar-refractivity contribution in [3.05, 3.63) is 33.3 Å². The Hall–Kier alpha value is -0.850. The summed E-state index contributed by atoms with van der Waals surface area (Å²) in [4.78, 5) is 0. The zero-order valence-corrected chi connectivity index (χ0v) is 8.50. The lowest BCUT2D eigenvalue weighted by Gasteiger charge is -2.05. The molecule has 0 heterocycles. The van der Waals surface area contributed by atoms with E-state index >= 15 is 0 Å². The molecule has 0 unspecified atom stereocenters. The first-order valence-electron chi connectivity index (χ1n) is 4.13. The maximum atomic E-state index is 9.57. The summed E-state index contributed by atoms with van der Waals surface area (Å²) < 4.78 is 0.851. The lowest BCUT2D eigenvalue weighted by atomic mass is 10.1. The Morgan fingerprint density at radius 2 is 2.31 bits per heavy atom. The molecule has 13 heavy (non-hydrogen) atoms. The molecule has 0 fully saturated rings. The fourth-order valence-electron chi connectivity index (χ4n) is 1.73. The van der Waals surface area contributed by atoms with E-state index in [1.54, 1.807) is 6.07 Å². The van der Waals surface area contributed by atoms with Gasteiger partial charge in [-0.25, -0.2) is 0 Å². The van der Waals surface area contributed by atoms with E-state index in [4.69, 9.17) is 5.26 Å². The highest BCUT2D eigenvalue weighted by molar-refractivity contribution is 9.10. The van der Waals surface area contributed by atoms with Gasteiger partial charge >= 0.3 is 0 Å². The minimum atomic E-state index is -0.348. The van der Waals surface area contributed by atoms with E-state index < -0.39 is 0 Å². The number of hydrogen-bond donors (Lipinski definition) is 1. The van der Waals surface area contributed by atoms with Gasteiger partial charge in [0, 0.05) is 4.47 Å². The zero-order valence-electron chi connectivity index (χ0n) is 6.92. The lowest BCUT2D eigenvalue weighted by molar-refractivity contribution is 0.180. The highest BCUT2D eigenvalue weighted by Gasteiger charge is 2.23. The van der Waals surface area contributed by atoms with Crippen LogP contribution in [0.4, 0.5) is 0 Å². The molecule has 0 aliphatic heterocycles. The number of benzene rings is 1. The molecule has 2 nitrogen and oxygen atoms in total. The first-order valence-corrected chi connectivity index (χ1v) is 4.92. The molecule has 0 amide bonds. The van der Waals surface area contributed by atoms with Gasteiger partial charge in [-0.05, 0) is 46.0 Å². The van der Waals surface area contributed by atoms with Gasteiger partial charge in [-0.1, -0.05) is 6.07 Å². The monoisotopic (exact) mass is 237 g/mol. The standard InChI is InChI=1S/C10H8BrNO/c11-10-6(5-12)1-2-7-8(10)3-4-9(7)13/h1-2,9,13H,3-4H2/t9-/m0/s1. The van der Waals surface area contributed by atoms with Gasteiger partial charge in [-0.2, -0.15) is 5.26 Å². The molecule has 1 aromatic carbocycles. The molecule has 1 aliphatic carbocycles. The molecule has 1 atom stereocenters. The summed E-state index contributed by atoms with van der Waals surface area (Å²) in [5.74, 6) is 0. The second-order valence-electron chi connectivity index (χ2n) is 3.16. The van der Waals surface area contributed by atoms with Gasteiger partial charge in [0.25, 0.3) is 0 Å². The molecule has 0 saturated carbocycles. The number of aliphatic hydroxyl groups excluding tert-OH is 1. The van der Waals surface area contributed by atoms with Gasteiger partial charge in [0.05, 0.1) is 11.7 Å². The largest absolute Gasteiger partial charge is 0.388 e. The Morgan fingerprint density at radius 3 is 3.00 bits per heavy atom. The molecule has 0 aromatic heterocycles. The van der Waals surface area contributed by atoms with E-state index in [9.17, 15) is 5.11 Å². The van der Waals surface area contributed by atoms with Crippen LogP contribution < -0.4 is 0 Å². The quantitative estimate of drug-likeness (QED) is 0.753. The third kappa shape index (κ3) is 1.27. The molecule has 0 spiro atoms. The number of aliphatic hydroxyl groups is 1. The second-order valence-corrected chi connectivity index (χ2v) is 3.95. The first kappa shape index (κ1) is 8.74. The molecule has 3 heteroatoms. The second kappa shape index (κ2) is 3.13. The number of halogens is 1.